The van der Waals surface area contributed by atoms with Gasteiger partial charge in [0.2, 0.25) is 0 Å². The van der Waals surface area contributed by atoms with Gasteiger partial charge in [-0.25, -0.2) is 0 Å². The molecule has 0 bridgehead atoms. The number of ketones is 1. The van der Waals surface area contributed by atoms with Crippen molar-refractivity contribution in [2.24, 2.45) is 0 Å². The van der Waals surface area contributed by atoms with Gasteiger partial charge >= 0.3 is 0 Å². The van der Waals surface area contributed by atoms with Crippen molar-refractivity contribution < 1.29 is 9.53 Å². The molecular weight excluding hydrogens is 298 g/mol. The number of carbonyl (C=O) groups is 1. The van der Waals surface area contributed by atoms with Crippen molar-refractivity contribution >= 4 is 5.78 Å². The fourth-order valence-corrected chi connectivity index (χ4v) is 2.64. The number of hydrogen-bond donors (Lipinski definition) is 0. The van der Waals surface area contributed by atoms with Crippen LogP contribution in [0, 0.1) is 11.8 Å². The maximum Gasteiger partial charge on any atom is 0.159 e. The average Bonchev–Trinajstić information content (AvgIpc) is 2.62. The van der Waals surface area contributed by atoms with Crippen LogP contribution in [-0.4, -0.2) is 37.0 Å². The molecule has 1 saturated heterocycles. The van der Waals surface area contributed by atoms with Gasteiger partial charge in [-0.15, -0.1) is 0 Å². The van der Waals surface area contributed by atoms with Crippen molar-refractivity contribution in [2.45, 2.75) is 13.5 Å². The van der Waals surface area contributed by atoms with Gasteiger partial charge in [-0.05, 0) is 36.8 Å². The number of hydrogen-bond acceptors (Lipinski definition) is 3. The second-order valence-corrected chi connectivity index (χ2v) is 5.97. The summed E-state index contributed by atoms with van der Waals surface area (Å²) in [5.41, 5.74) is 3.93. The number of rotatable bonds is 3. The predicted octanol–water partition coefficient (Wildman–Crippen LogP) is 3.12. The molecule has 0 atom stereocenters. The van der Waals surface area contributed by atoms with E-state index in [1.54, 1.807) is 6.92 Å². The Bertz CT molecular complexity index is 745. The first-order valence-corrected chi connectivity index (χ1v) is 8.23. The monoisotopic (exact) mass is 319 g/mol. The second kappa shape index (κ2) is 7.92. The lowest BCUT2D eigenvalue weighted by Gasteiger charge is -2.26. The molecule has 0 N–H and O–H groups in total. The highest BCUT2D eigenvalue weighted by molar-refractivity contribution is 5.94. The average molecular weight is 319 g/mol. The second-order valence-electron chi connectivity index (χ2n) is 5.97. The van der Waals surface area contributed by atoms with Gasteiger partial charge < -0.3 is 4.74 Å². The van der Waals surface area contributed by atoms with E-state index in [4.69, 9.17) is 4.74 Å². The highest BCUT2D eigenvalue weighted by Crippen LogP contribution is 2.09. The van der Waals surface area contributed by atoms with Crippen molar-refractivity contribution in [2.75, 3.05) is 26.3 Å². The first-order valence-electron chi connectivity index (χ1n) is 8.23. The molecule has 0 amide bonds. The maximum atomic E-state index is 11.3. The number of benzene rings is 2. The Morgan fingerprint density at radius 2 is 1.50 bits per heavy atom. The van der Waals surface area contributed by atoms with Crippen LogP contribution >= 0.6 is 0 Å². The zero-order chi connectivity index (χ0) is 16.8. The van der Waals surface area contributed by atoms with Crippen LogP contribution in [0.2, 0.25) is 0 Å². The number of ether oxygens (including phenoxy) is 1. The van der Waals surface area contributed by atoms with Crippen molar-refractivity contribution in [1.29, 1.82) is 0 Å². The summed E-state index contributed by atoms with van der Waals surface area (Å²) in [5.74, 6) is 6.39. The van der Waals surface area contributed by atoms with E-state index in [1.807, 2.05) is 24.3 Å². The third-order valence-electron chi connectivity index (χ3n) is 4.11. The van der Waals surface area contributed by atoms with Crippen LogP contribution in [0.15, 0.2) is 48.5 Å². The molecule has 3 rings (SSSR count). The molecule has 0 radical (unpaired) electrons. The molecule has 3 heteroatoms. The van der Waals surface area contributed by atoms with E-state index < -0.39 is 0 Å². The van der Waals surface area contributed by atoms with Gasteiger partial charge in [0, 0.05) is 36.3 Å². The quantitative estimate of drug-likeness (QED) is 0.643. The fraction of sp³-hybridized carbons (Fsp3) is 0.286. The lowest BCUT2D eigenvalue weighted by molar-refractivity contribution is 0.0342. The third-order valence-corrected chi connectivity index (χ3v) is 4.11. The Kier molecular flexibility index (Phi) is 5.43. The van der Waals surface area contributed by atoms with Crippen LogP contribution in [0.4, 0.5) is 0 Å². The smallest absolute Gasteiger partial charge is 0.159 e. The maximum absolute atomic E-state index is 11.3. The molecule has 0 aromatic heterocycles. The third kappa shape index (κ3) is 4.55. The number of Topliss-reactive ketones (excluding diaryl/α,β-unsaturated/α-hetero) is 1. The van der Waals surface area contributed by atoms with Gasteiger partial charge in [0.1, 0.15) is 0 Å². The SMILES string of the molecule is CC(=O)c1ccc(C#Cc2ccc(CN3CCOCC3)cc2)cc1. The van der Waals surface area contributed by atoms with Crippen LogP contribution < -0.4 is 0 Å². The van der Waals surface area contributed by atoms with Crippen molar-refractivity contribution in [3.05, 3.63) is 70.8 Å². The highest BCUT2D eigenvalue weighted by atomic mass is 16.5. The molecule has 1 heterocycles. The van der Waals surface area contributed by atoms with Gasteiger partial charge in [-0.2, -0.15) is 0 Å². The molecule has 2 aromatic carbocycles. The molecule has 0 spiro atoms. The Labute approximate surface area is 143 Å². The molecule has 3 nitrogen and oxygen atoms in total. The van der Waals surface area contributed by atoms with E-state index in [2.05, 4.69) is 41.0 Å². The summed E-state index contributed by atoms with van der Waals surface area (Å²) in [5, 5.41) is 0. The van der Waals surface area contributed by atoms with E-state index in [-0.39, 0.29) is 5.78 Å². The summed E-state index contributed by atoms with van der Waals surface area (Å²) in [7, 11) is 0. The Morgan fingerprint density at radius 3 is 2.04 bits per heavy atom. The standard InChI is InChI=1S/C21H21NO2/c1-17(23)21-10-8-19(9-11-21)3-2-18-4-6-20(7-5-18)16-22-12-14-24-15-13-22/h4-11H,12-16H2,1H3. The van der Waals surface area contributed by atoms with Crippen molar-refractivity contribution in [1.82, 2.24) is 4.90 Å². The molecule has 0 unspecified atom stereocenters. The zero-order valence-electron chi connectivity index (χ0n) is 13.9. The first kappa shape index (κ1) is 16.4. The Balaban J connectivity index is 1.62. The summed E-state index contributed by atoms with van der Waals surface area (Å²) in [6.45, 7) is 6.18. The number of carbonyl (C=O) groups excluding carboxylic acids is 1. The summed E-state index contributed by atoms with van der Waals surface area (Å²) in [6.07, 6.45) is 0. The van der Waals surface area contributed by atoms with E-state index in [1.165, 1.54) is 5.56 Å². The predicted molar refractivity (Wildman–Crippen MR) is 95.0 cm³/mol. The molecule has 122 valence electrons. The minimum absolute atomic E-state index is 0.0744. The number of nitrogens with zero attached hydrogens (tertiary/aromatic N) is 1. The van der Waals surface area contributed by atoms with Crippen molar-refractivity contribution in [3.63, 3.8) is 0 Å². The van der Waals surface area contributed by atoms with Gasteiger partial charge in [-0.1, -0.05) is 36.1 Å². The van der Waals surface area contributed by atoms with Crippen molar-refractivity contribution in [3.8, 4) is 11.8 Å². The van der Waals surface area contributed by atoms with Gasteiger partial charge in [0.15, 0.2) is 5.78 Å². The lowest BCUT2D eigenvalue weighted by Crippen LogP contribution is -2.35. The van der Waals surface area contributed by atoms with Gasteiger partial charge in [-0.3, -0.25) is 9.69 Å². The highest BCUT2D eigenvalue weighted by Gasteiger charge is 2.10. The molecule has 1 aliphatic heterocycles. The van der Waals surface area contributed by atoms with Crippen LogP contribution in [0.5, 0.6) is 0 Å². The topological polar surface area (TPSA) is 29.5 Å². The lowest BCUT2D eigenvalue weighted by atomic mass is 10.1. The van der Waals surface area contributed by atoms with E-state index in [9.17, 15) is 4.79 Å². The van der Waals surface area contributed by atoms with E-state index in [0.29, 0.717) is 5.56 Å². The normalized spacial score (nSPS) is 14.7. The summed E-state index contributed by atoms with van der Waals surface area (Å²) >= 11 is 0. The Morgan fingerprint density at radius 1 is 0.958 bits per heavy atom. The molecule has 2 aromatic rings. The molecule has 24 heavy (non-hydrogen) atoms. The summed E-state index contributed by atoms with van der Waals surface area (Å²) in [6, 6.07) is 15.8. The molecule has 0 saturated carbocycles. The van der Waals surface area contributed by atoms with Crippen LogP contribution in [0.25, 0.3) is 0 Å². The Hall–Kier alpha value is -2.41. The first-order chi connectivity index (χ1) is 11.7. The minimum Gasteiger partial charge on any atom is -0.379 e. The number of morpholine rings is 1. The van der Waals surface area contributed by atoms with E-state index in [0.717, 1.165) is 44.0 Å². The van der Waals surface area contributed by atoms with Crippen LogP contribution in [0.1, 0.15) is 34.0 Å². The molecule has 1 aliphatic rings. The molecular formula is C21H21NO2. The minimum atomic E-state index is 0.0744. The summed E-state index contributed by atoms with van der Waals surface area (Å²) < 4.78 is 5.37. The fourth-order valence-electron chi connectivity index (χ4n) is 2.64. The van der Waals surface area contributed by atoms with E-state index >= 15 is 0 Å². The van der Waals surface area contributed by atoms with Gasteiger partial charge in [0.05, 0.1) is 13.2 Å². The van der Waals surface area contributed by atoms with Crippen LogP contribution in [0.3, 0.4) is 0 Å². The summed E-state index contributed by atoms with van der Waals surface area (Å²) in [4.78, 5) is 13.7. The largest absolute Gasteiger partial charge is 0.379 e. The van der Waals surface area contributed by atoms with Gasteiger partial charge in [0.25, 0.3) is 0 Å². The molecule has 1 fully saturated rings. The molecule has 0 aliphatic carbocycles. The zero-order valence-corrected chi connectivity index (χ0v) is 13.9. The van der Waals surface area contributed by atoms with Crippen LogP contribution in [-0.2, 0) is 11.3 Å².